The van der Waals surface area contributed by atoms with E-state index in [0.717, 1.165) is 43.0 Å². The summed E-state index contributed by atoms with van der Waals surface area (Å²) in [5, 5.41) is 13.6. The summed E-state index contributed by atoms with van der Waals surface area (Å²) >= 11 is 0. The van der Waals surface area contributed by atoms with Crippen molar-refractivity contribution in [3.8, 4) is 17.2 Å². The molecule has 0 bridgehead atoms. The lowest BCUT2D eigenvalue weighted by Gasteiger charge is -2.40. The molecule has 4 heterocycles. The van der Waals surface area contributed by atoms with E-state index in [1.807, 2.05) is 41.1 Å². The minimum absolute atomic E-state index is 0.170. The van der Waals surface area contributed by atoms with Gasteiger partial charge in [0.15, 0.2) is 17.3 Å². The van der Waals surface area contributed by atoms with Crippen LogP contribution in [-0.2, 0) is 5.54 Å². The standard InChI is InChI=1S/C27H31N7O4/c1-27(2,3)34-25(29-30-31-34)24(33-10-8-32(9-11-33)18-6-5-7-19(14-18)36-4)20-12-17-13-22-23(38-16-37-22)15-21(17)28-26(20)35/h5-7,12-15,24H,8-11,16H2,1-4H3,(H,28,35). The molecule has 1 fully saturated rings. The molecule has 1 saturated heterocycles. The number of hydrogen-bond acceptors (Lipinski definition) is 9. The van der Waals surface area contributed by atoms with Gasteiger partial charge in [-0.3, -0.25) is 9.69 Å². The Labute approximate surface area is 219 Å². The van der Waals surface area contributed by atoms with Crippen LogP contribution in [-0.4, -0.2) is 70.2 Å². The van der Waals surface area contributed by atoms with E-state index < -0.39 is 6.04 Å². The van der Waals surface area contributed by atoms with Gasteiger partial charge in [0.2, 0.25) is 6.79 Å². The van der Waals surface area contributed by atoms with Crippen LogP contribution >= 0.6 is 0 Å². The SMILES string of the molecule is COc1cccc(N2CCN(C(c3cc4cc5c(cc4[nH]c3=O)OCO5)c3nnnn3C(C)(C)C)CC2)c1. The fraction of sp³-hybridized carbons (Fsp3) is 0.407. The molecule has 1 unspecified atom stereocenters. The lowest BCUT2D eigenvalue weighted by Crippen LogP contribution is -2.49. The third-order valence-corrected chi connectivity index (χ3v) is 7.13. The van der Waals surface area contributed by atoms with Gasteiger partial charge in [-0.05, 0) is 55.5 Å². The van der Waals surface area contributed by atoms with Gasteiger partial charge < -0.3 is 24.1 Å². The van der Waals surface area contributed by atoms with Crippen LogP contribution in [0, 0.1) is 0 Å². The molecular weight excluding hydrogens is 486 g/mol. The molecule has 2 aromatic carbocycles. The number of pyridine rings is 1. The zero-order valence-corrected chi connectivity index (χ0v) is 22.0. The molecule has 1 atom stereocenters. The number of rotatable bonds is 5. The van der Waals surface area contributed by atoms with E-state index in [0.29, 0.717) is 28.4 Å². The van der Waals surface area contributed by atoms with E-state index in [-0.39, 0.29) is 17.9 Å². The second-order valence-electron chi connectivity index (χ2n) is 10.6. The number of anilines is 1. The lowest BCUT2D eigenvalue weighted by atomic mass is 10.0. The number of fused-ring (bicyclic) bond motifs is 2. The number of nitrogens with one attached hydrogen (secondary N) is 1. The third-order valence-electron chi connectivity index (χ3n) is 7.13. The van der Waals surface area contributed by atoms with Gasteiger partial charge in [0.25, 0.3) is 5.56 Å². The quantitative estimate of drug-likeness (QED) is 0.427. The van der Waals surface area contributed by atoms with Crippen molar-refractivity contribution in [2.75, 3.05) is 45.0 Å². The summed E-state index contributed by atoms with van der Waals surface area (Å²) in [5.74, 6) is 2.76. The Morgan fingerprint density at radius 3 is 2.53 bits per heavy atom. The monoisotopic (exact) mass is 517 g/mol. The Bertz CT molecular complexity index is 1530. The minimum Gasteiger partial charge on any atom is -0.497 e. The third kappa shape index (κ3) is 4.32. The topological polar surface area (TPSA) is 111 Å². The van der Waals surface area contributed by atoms with Crippen molar-refractivity contribution in [3.05, 3.63) is 64.2 Å². The largest absolute Gasteiger partial charge is 0.497 e. The van der Waals surface area contributed by atoms with Gasteiger partial charge in [0.05, 0.1) is 18.2 Å². The first-order valence-corrected chi connectivity index (χ1v) is 12.7. The summed E-state index contributed by atoms with van der Waals surface area (Å²) in [5.41, 5.74) is 1.85. The van der Waals surface area contributed by atoms with E-state index >= 15 is 0 Å². The summed E-state index contributed by atoms with van der Waals surface area (Å²) in [6.07, 6.45) is 0. The number of tetrazole rings is 1. The normalized spacial score (nSPS) is 16.7. The van der Waals surface area contributed by atoms with E-state index in [1.54, 1.807) is 7.11 Å². The molecule has 2 aliphatic rings. The maximum Gasteiger partial charge on any atom is 0.253 e. The van der Waals surface area contributed by atoms with Crippen LogP contribution in [0.4, 0.5) is 5.69 Å². The smallest absolute Gasteiger partial charge is 0.253 e. The van der Waals surface area contributed by atoms with Gasteiger partial charge in [0.1, 0.15) is 11.8 Å². The average Bonchev–Trinajstić information content (AvgIpc) is 3.58. The van der Waals surface area contributed by atoms with E-state index in [9.17, 15) is 4.79 Å². The number of aromatic nitrogens is 5. The molecule has 38 heavy (non-hydrogen) atoms. The van der Waals surface area contributed by atoms with Crippen molar-refractivity contribution < 1.29 is 14.2 Å². The first-order chi connectivity index (χ1) is 18.3. The maximum atomic E-state index is 13.6. The molecule has 11 nitrogen and oxygen atoms in total. The molecular formula is C27H31N7O4. The zero-order chi connectivity index (χ0) is 26.4. The number of aromatic amines is 1. The molecule has 198 valence electrons. The van der Waals surface area contributed by atoms with Gasteiger partial charge in [0, 0.05) is 54.9 Å². The highest BCUT2D eigenvalue weighted by Gasteiger charge is 2.35. The highest BCUT2D eigenvalue weighted by atomic mass is 16.7. The number of benzene rings is 2. The molecule has 11 heteroatoms. The molecule has 0 amide bonds. The molecule has 0 aliphatic carbocycles. The van der Waals surface area contributed by atoms with Gasteiger partial charge in [-0.15, -0.1) is 5.10 Å². The fourth-order valence-electron chi connectivity index (χ4n) is 5.20. The number of piperazine rings is 1. The van der Waals surface area contributed by atoms with E-state index in [2.05, 4.69) is 57.1 Å². The molecule has 0 saturated carbocycles. The molecule has 4 aromatic rings. The first-order valence-electron chi connectivity index (χ1n) is 12.7. The second-order valence-corrected chi connectivity index (χ2v) is 10.6. The maximum absolute atomic E-state index is 13.6. The minimum atomic E-state index is -0.435. The summed E-state index contributed by atoms with van der Waals surface area (Å²) in [7, 11) is 1.68. The average molecular weight is 518 g/mol. The predicted octanol–water partition coefficient (Wildman–Crippen LogP) is 2.92. The lowest BCUT2D eigenvalue weighted by molar-refractivity contribution is 0.174. The van der Waals surface area contributed by atoms with Crippen LogP contribution in [0.25, 0.3) is 10.9 Å². The summed E-state index contributed by atoms with van der Waals surface area (Å²) in [4.78, 5) is 21.2. The van der Waals surface area contributed by atoms with Gasteiger partial charge >= 0.3 is 0 Å². The Morgan fingerprint density at radius 1 is 1.03 bits per heavy atom. The fourth-order valence-corrected chi connectivity index (χ4v) is 5.20. The van der Waals surface area contributed by atoms with Crippen LogP contribution in [0.1, 0.15) is 38.2 Å². The van der Waals surface area contributed by atoms with Crippen molar-refractivity contribution in [2.24, 2.45) is 0 Å². The zero-order valence-electron chi connectivity index (χ0n) is 22.0. The van der Waals surface area contributed by atoms with Gasteiger partial charge in [-0.1, -0.05) is 6.07 Å². The van der Waals surface area contributed by atoms with Gasteiger partial charge in [-0.2, -0.15) is 0 Å². The van der Waals surface area contributed by atoms with Crippen LogP contribution in [0.15, 0.2) is 47.3 Å². The number of hydrogen-bond donors (Lipinski definition) is 1. The number of nitrogens with zero attached hydrogens (tertiary/aromatic N) is 6. The molecule has 0 spiro atoms. The molecule has 0 radical (unpaired) electrons. The molecule has 1 N–H and O–H groups in total. The summed E-state index contributed by atoms with van der Waals surface area (Å²) < 4.78 is 18.3. The highest BCUT2D eigenvalue weighted by molar-refractivity contribution is 5.83. The van der Waals surface area contributed by atoms with Crippen LogP contribution in [0.5, 0.6) is 17.2 Å². The van der Waals surface area contributed by atoms with Crippen molar-refractivity contribution in [1.29, 1.82) is 0 Å². The van der Waals surface area contributed by atoms with E-state index in [1.165, 1.54) is 0 Å². The Hall–Kier alpha value is -4.12. The number of methoxy groups -OCH3 is 1. The van der Waals surface area contributed by atoms with Crippen LogP contribution < -0.4 is 24.7 Å². The van der Waals surface area contributed by atoms with Crippen LogP contribution in [0.2, 0.25) is 0 Å². The molecule has 2 aliphatic heterocycles. The van der Waals surface area contributed by atoms with Crippen molar-refractivity contribution in [2.45, 2.75) is 32.4 Å². The van der Waals surface area contributed by atoms with Gasteiger partial charge in [-0.25, -0.2) is 4.68 Å². The van der Waals surface area contributed by atoms with Crippen LogP contribution in [0.3, 0.4) is 0 Å². The highest BCUT2D eigenvalue weighted by Crippen LogP contribution is 2.37. The summed E-state index contributed by atoms with van der Waals surface area (Å²) in [6, 6.07) is 13.3. The Morgan fingerprint density at radius 2 is 1.79 bits per heavy atom. The molecule has 6 rings (SSSR count). The number of ether oxygens (including phenoxy) is 3. The Balaban J connectivity index is 1.39. The predicted molar refractivity (Wildman–Crippen MR) is 142 cm³/mol. The Kier molecular flexibility index (Phi) is 5.94. The first kappa shape index (κ1) is 24.2. The van der Waals surface area contributed by atoms with Crippen molar-refractivity contribution >= 4 is 16.6 Å². The molecule has 2 aromatic heterocycles. The van der Waals surface area contributed by atoms with E-state index in [4.69, 9.17) is 14.2 Å². The summed E-state index contributed by atoms with van der Waals surface area (Å²) in [6.45, 7) is 9.33. The second kappa shape index (κ2) is 9.32. The van der Waals surface area contributed by atoms with Crippen molar-refractivity contribution in [1.82, 2.24) is 30.1 Å². The number of H-pyrrole nitrogens is 1. The van der Waals surface area contributed by atoms with Crippen molar-refractivity contribution in [3.63, 3.8) is 0 Å².